The molecule has 0 bridgehead atoms. The lowest BCUT2D eigenvalue weighted by Crippen LogP contribution is -2.41. The fourth-order valence-electron chi connectivity index (χ4n) is 3.59. The molecule has 2 aliphatic rings. The Morgan fingerprint density at radius 2 is 2.00 bits per heavy atom. The number of nitrogens with one attached hydrogen (secondary N) is 2. The first-order valence-electron chi connectivity index (χ1n) is 10.3. The zero-order chi connectivity index (χ0) is 19.8. The molecule has 29 heavy (non-hydrogen) atoms. The van der Waals surface area contributed by atoms with Crippen molar-refractivity contribution in [2.45, 2.75) is 56.6 Å². The van der Waals surface area contributed by atoms with Gasteiger partial charge in [0.15, 0.2) is 5.96 Å². The minimum absolute atomic E-state index is 0. The number of hydrogen-bond acceptors (Lipinski definition) is 4. The van der Waals surface area contributed by atoms with Gasteiger partial charge in [0.25, 0.3) is 0 Å². The van der Waals surface area contributed by atoms with Gasteiger partial charge in [-0.1, -0.05) is 18.6 Å². The summed E-state index contributed by atoms with van der Waals surface area (Å²) in [5.74, 6) is 0.724. The second-order valence-electron chi connectivity index (χ2n) is 7.32. The van der Waals surface area contributed by atoms with Gasteiger partial charge in [0.05, 0.1) is 17.5 Å². The van der Waals surface area contributed by atoms with Crippen molar-refractivity contribution < 1.29 is 13.2 Å². The minimum Gasteiger partial charge on any atom is -0.376 e. The standard InChI is InChI=1S/C20H32N4O3S.HI/c1-2-21-20(23-16-18-9-7-13-27-18)22-15-17-8-6-10-19(14-17)28(25,26)24-11-4-3-5-12-24;/h6,8,10,14,18H,2-5,7,9,11-13,15-16H2,1H3,(H2,21,22,23);1H. The largest absolute Gasteiger partial charge is 0.376 e. The van der Waals surface area contributed by atoms with Crippen LogP contribution in [0.15, 0.2) is 34.2 Å². The number of hydrogen-bond donors (Lipinski definition) is 2. The zero-order valence-corrected chi connectivity index (χ0v) is 20.2. The van der Waals surface area contributed by atoms with E-state index in [1.54, 1.807) is 22.5 Å². The predicted octanol–water partition coefficient (Wildman–Crippen LogP) is 2.71. The van der Waals surface area contributed by atoms with Crippen LogP contribution in [0.4, 0.5) is 0 Å². The number of benzene rings is 1. The Morgan fingerprint density at radius 3 is 2.69 bits per heavy atom. The van der Waals surface area contributed by atoms with E-state index in [4.69, 9.17) is 4.74 Å². The number of rotatable bonds is 7. The van der Waals surface area contributed by atoms with Crippen LogP contribution in [0.1, 0.15) is 44.6 Å². The van der Waals surface area contributed by atoms with Crippen molar-refractivity contribution in [3.8, 4) is 0 Å². The summed E-state index contributed by atoms with van der Waals surface area (Å²) in [6.07, 6.45) is 5.40. The first-order chi connectivity index (χ1) is 13.6. The van der Waals surface area contributed by atoms with E-state index in [1.807, 2.05) is 13.0 Å². The molecule has 0 saturated carbocycles. The van der Waals surface area contributed by atoms with Gasteiger partial charge in [-0.15, -0.1) is 24.0 Å². The van der Waals surface area contributed by atoms with E-state index in [0.717, 1.165) is 63.3 Å². The first kappa shape index (κ1) is 24.4. The lowest BCUT2D eigenvalue weighted by atomic mass is 10.2. The van der Waals surface area contributed by atoms with Gasteiger partial charge in [-0.25, -0.2) is 13.4 Å². The summed E-state index contributed by atoms with van der Waals surface area (Å²) in [4.78, 5) is 4.97. The maximum absolute atomic E-state index is 12.9. The lowest BCUT2D eigenvalue weighted by Gasteiger charge is -2.26. The highest BCUT2D eigenvalue weighted by molar-refractivity contribution is 14.0. The number of ether oxygens (including phenoxy) is 1. The van der Waals surface area contributed by atoms with Crippen molar-refractivity contribution in [1.82, 2.24) is 14.9 Å². The molecule has 2 N–H and O–H groups in total. The smallest absolute Gasteiger partial charge is 0.243 e. The van der Waals surface area contributed by atoms with Crippen LogP contribution >= 0.6 is 24.0 Å². The van der Waals surface area contributed by atoms with Crippen molar-refractivity contribution in [1.29, 1.82) is 0 Å². The Bertz CT molecular complexity index is 761. The molecule has 2 heterocycles. The van der Waals surface area contributed by atoms with Gasteiger partial charge in [-0.05, 0) is 50.3 Å². The number of nitrogens with zero attached hydrogens (tertiary/aromatic N) is 2. The predicted molar refractivity (Wildman–Crippen MR) is 126 cm³/mol. The van der Waals surface area contributed by atoms with Crippen LogP contribution in [0.2, 0.25) is 0 Å². The van der Waals surface area contributed by atoms with Crippen LogP contribution in [-0.4, -0.2) is 57.6 Å². The minimum atomic E-state index is -3.42. The summed E-state index contributed by atoms with van der Waals surface area (Å²) in [7, 11) is -3.42. The molecule has 9 heteroatoms. The second kappa shape index (κ2) is 12.1. The molecular weight excluding hydrogens is 503 g/mol. The Balaban J connectivity index is 0.00000300. The maximum Gasteiger partial charge on any atom is 0.243 e. The third-order valence-corrected chi connectivity index (χ3v) is 7.03. The van der Waals surface area contributed by atoms with Crippen LogP contribution in [0.25, 0.3) is 0 Å². The molecule has 1 unspecified atom stereocenters. The van der Waals surface area contributed by atoms with Crippen molar-refractivity contribution in [3.63, 3.8) is 0 Å². The summed E-state index contributed by atoms with van der Waals surface area (Å²) in [5, 5.41) is 6.55. The molecule has 0 spiro atoms. The molecule has 2 saturated heterocycles. The number of piperidine rings is 1. The highest BCUT2D eigenvalue weighted by atomic mass is 127. The SMILES string of the molecule is CCNC(=NCc1cccc(S(=O)(=O)N2CCCCC2)c1)NCC1CCCO1.I. The number of sulfonamides is 1. The molecule has 0 aliphatic carbocycles. The van der Waals surface area contributed by atoms with E-state index in [-0.39, 0.29) is 30.1 Å². The van der Waals surface area contributed by atoms with Gasteiger partial charge in [-0.3, -0.25) is 0 Å². The molecule has 0 aromatic heterocycles. The average Bonchev–Trinajstić information content (AvgIpc) is 3.24. The van der Waals surface area contributed by atoms with Gasteiger partial charge in [0.1, 0.15) is 0 Å². The molecule has 1 atom stereocenters. The molecule has 164 valence electrons. The van der Waals surface area contributed by atoms with E-state index in [9.17, 15) is 8.42 Å². The third kappa shape index (κ3) is 7.08. The number of halogens is 1. The highest BCUT2D eigenvalue weighted by Gasteiger charge is 2.25. The molecule has 2 aliphatic heterocycles. The maximum atomic E-state index is 12.9. The van der Waals surface area contributed by atoms with Gasteiger partial charge in [0.2, 0.25) is 10.0 Å². The lowest BCUT2D eigenvalue weighted by molar-refractivity contribution is 0.114. The van der Waals surface area contributed by atoms with E-state index in [2.05, 4.69) is 15.6 Å². The van der Waals surface area contributed by atoms with Crippen molar-refractivity contribution >= 4 is 40.0 Å². The molecule has 3 rings (SSSR count). The topological polar surface area (TPSA) is 83.0 Å². The Morgan fingerprint density at radius 1 is 1.21 bits per heavy atom. The Labute approximate surface area is 191 Å². The van der Waals surface area contributed by atoms with Crippen LogP contribution in [0, 0.1) is 0 Å². The number of aliphatic imine (C=N–C) groups is 1. The van der Waals surface area contributed by atoms with Gasteiger partial charge in [0, 0.05) is 32.8 Å². The van der Waals surface area contributed by atoms with Crippen LogP contribution in [0.3, 0.4) is 0 Å². The molecule has 0 radical (unpaired) electrons. The van der Waals surface area contributed by atoms with Crippen molar-refractivity contribution in [2.24, 2.45) is 4.99 Å². The number of guanidine groups is 1. The monoisotopic (exact) mass is 536 g/mol. The normalized spacial score (nSPS) is 20.9. The Kier molecular flexibility index (Phi) is 10.1. The van der Waals surface area contributed by atoms with E-state index in [0.29, 0.717) is 24.5 Å². The summed E-state index contributed by atoms with van der Waals surface area (Å²) >= 11 is 0. The Hall–Kier alpha value is -0.910. The van der Waals surface area contributed by atoms with Gasteiger partial charge < -0.3 is 15.4 Å². The average molecular weight is 536 g/mol. The molecule has 1 aromatic carbocycles. The molecule has 7 nitrogen and oxygen atoms in total. The highest BCUT2D eigenvalue weighted by Crippen LogP contribution is 2.21. The molecule has 2 fully saturated rings. The summed E-state index contributed by atoms with van der Waals surface area (Å²) < 4.78 is 33.0. The zero-order valence-electron chi connectivity index (χ0n) is 17.1. The molecular formula is C20H33IN4O3S. The van der Waals surface area contributed by atoms with E-state index >= 15 is 0 Å². The van der Waals surface area contributed by atoms with Crippen LogP contribution in [-0.2, 0) is 21.3 Å². The summed E-state index contributed by atoms with van der Waals surface area (Å²) in [6, 6.07) is 7.14. The summed E-state index contributed by atoms with van der Waals surface area (Å²) in [5.41, 5.74) is 0.882. The van der Waals surface area contributed by atoms with Crippen molar-refractivity contribution in [3.05, 3.63) is 29.8 Å². The van der Waals surface area contributed by atoms with E-state index < -0.39 is 10.0 Å². The second-order valence-corrected chi connectivity index (χ2v) is 9.26. The summed E-state index contributed by atoms with van der Waals surface area (Å²) in [6.45, 7) is 6.00. The fourth-order valence-corrected chi connectivity index (χ4v) is 5.17. The van der Waals surface area contributed by atoms with Gasteiger partial charge >= 0.3 is 0 Å². The quantitative estimate of drug-likeness (QED) is 0.318. The molecule has 0 amide bonds. The third-order valence-electron chi connectivity index (χ3n) is 5.14. The molecule has 1 aromatic rings. The van der Waals surface area contributed by atoms with Crippen LogP contribution < -0.4 is 10.6 Å². The van der Waals surface area contributed by atoms with E-state index in [1.165, 1.54) is 0 Å². The van der Waals surface area contributed by atoms with Crippen LogP contribution in [0.5, 0.6) is 0 Å². The first-order valence-corrected chi connectivity index (χ1v) is 11.8. The fraction of sp³-hybridized carbons (Fsp3) is 0.650. The van der Waals surface area contributed by atoms with Gasteiger partial charge in [-0.2, -0.15) is 4.31 Å². The van der Waals surface area contributed by atoms with Crippen molar-refractivity contribution in [2.75, 3.05) is 32.8 Å².